The number of furan rings is 1. The van der Waals surface area contributed by atoms with E-state index in [0.717, 1.165) is 22.8 Å². The van der Waals surface area contributed by atoms with Crippen LogP contribution in [0, 0.1) is 12.8 Å². The fourth-order valence-electron chi connectivity index (χ4n) is 3.24. The topological polar surface area (TPSA) is 77.5 Å². The van der Waals surface area contributed by atoms with Gasteiger partial charge in [-0.2, -0.15) is 0 Å². The lowest BCUT2D eigenvalue weighted by Gasteiger charge is -2.18. The monoisotopic (exact) mass is 352 g/mol. The molecule has 1 amide bonds. The van der Waals surface area contributed by atoms with Crippen molar-refractivity contribution in [1.82, 2.24) is 10.5 Å². The van der Waals surface area contributed by atoms with Gasteiger partial charge in [0.15, 0.2) is 0 Å². The van der Waals surface area contributed by atoms with Crippen molar-refractivity contribution >= 4 is 5.91 Å². The van der Waals surface area contributed by atoms with E-state index in [1.165, 1.54) is 0 Å². The van der Waals surface area contributed by atoms with Crippen LogP contribution in [0.5, 0.6) is 0 Å². The van der Waals surface area contributed by atoms with E-state index in [4.69, 9.17) is 13.7 Å². The van der Waals surface area contributed by atoms with Gasteiger partial charge in [-0.25, -0.2) is 0 Å². The van der Waals surface area contributed by atoms with Crippen LogP contribution in [0.25, 0.3) is 11.3 Å². The van der Waals surface area contributed by atoms with Crippen molar-refractivity contribution in [3.05, 3.63) is 65.7 Å². The Bertz CT molecular complexity index is 885. The van der Waals surface area contributed by atoms with Gasteiger partial charge < -0.3 is 19.0 Å². The number of aryl methyl sites for hydroxylation is 1. The summed E-state index contributed by atoms with van der Waals surface area (Å²) in [5.41, 5.74) is 2.33. The summed E-state index contributed by atoms with van der Waals surface area (Å²) < 4.78 is 16.3. The van der Waals surface area contributed by atoms with Crippen LogP contribution in [-0.4, -0.2) is 30.3 Å². The van der Waals surface area contributed by atoms with Gasteiger partial charge in [-0.05, 0) is 31.2 Å². The van der Waals surface area contributed by atoms with Crippen molar-refractivity contribution < 1.29 is 18.5 Å². The fourth-order valence-corrected chi connectivity index (χ4v) is 3.24. The van der Waals surface area contributed by atoms with E-state index < -0.39 is 0 Å². The molecule has 2 atom stereocenters. The Labute approximate surface area is 151 Å². The average molecular weight is 352 g/mol. The molecule has 4 rings (SSSR count). The van der Waals surface area contributed by atoms with Gasteiger partial charge in [0.05, 0.1) is 31.2 Å². The number of benzene rings is 1. The van der Waals surface area contributed by atoms with E-state index in [1.54, 1.807) is 12.3 Å². The molecule has 134 valence electrons. The molecule has 2 unspecified atom stereocenters. The quantitative estimate of drug-likeness (QED) is 0.763. The van der Waals surface area contributed by atoms with Crippen molar-refractivity contribution in [3.8, 4) is 11.3 Å². The number of nitrogens with zero attached hydrogens (tertiary/aromatic N) is 1. The highest BCUT2D eigenvalue weighted by Crippen LogP contribution is 2.22. The maximum Gasteiger partial charge on any atom is 0.251 e. The fraction of sp³-hybridized carbons (Fsp3) is 0.300. The number of hydrogen-bond donors (Lipinski definition) is 1. The molecule has 1 fully saturated rings. The van der Waals surface area contributed by atoms with Gasteiger partial charge in [0, 0.05) is 29.5 Å². The first-order chi connectivity index (χ1) is 12.7. The molecule has 1 aromatic carbocycles. The van der Waals surface area contributed by atoms with Gasteiger partial charge in [-0.1, -0.05) is 17.3 Å². The summed E-state index contributed by atoms with van der Waals surface area (Å²) in [4.78, 5) is 12.7. The molecule has 0 aliphatic carbocycles. The standard InChI is InChI=1S/C20H20N2O4/c1-13-8-17(26-22-13)10-16-11-24-12-18(16)21-20(23)15-5-2-4-14(9-15)19-6-3-7-25-19/h2-9,16,18H,10-12H2,1H3,(H,21,23). The van der Waals surface area contributed by atoms with E-state index in [9.17, 15) is 4.79 Å². The van der Waals surface area contributed by atoms with Crippen LogP contribution < -0.4 is 5.32 Å². The van der Waals surface area contributed by atoms with Gasteiger partial charge >= 0.3 is 0 Å². The van der Waals surface area contributed by atoms with E-state index in [2.05, 4.69) is 10.5 Å². The van der Waals surface area contributed by atoms with Gasteiger partial charge in [-0.15, -0.1) is 0 Å². The Morgan fingerprint density at radius 2 is 2.15 bits per heavy atom. The SMILES string of the molecule is Cc1cc(CC2COCC2NC(=O)c2cccc(-c3ccco3)c2)on1. The molecule has 3 aromatic rings. The molecular weight excluding hydrogens is 332 g/mol. The van der Waals surface area contributed by atoms with Crippen LogP contribution in [0.1, 0.15) is 21.8 Å². The molecule has 0 bridgehead atoms. The molecule has 0 spiro atoms. The van der Waals surface area contributed by atoms with E-state index in [-0.39, 0.29) is 17.9 Å². The minimum absolute atomic E-state index is 0.0554. The zero-order chi connectivity index (χ0) is 17.9. The number of rotatable bonds is 5. The highest BCUT2D eigenvalue weighted by atomic mass is 16.5. The molecule has 3 heterocycles. The van der Waals surface area contributed by atoms with Crippen molar-refractivity contribution in [2.75, 3.05) is 13.2 Å². The van der Waals surface area contributed by atoms with Crippen LogP contribution >= 0.6 is 0 Å². The van der Waals surface area contributed by atoms with Gasteiger partial charge in [0.1, 0.15) is 11.5 Å². The molecule has 1 aliphatic rings. The zero-order valence-corrected chi connectivity index (χ0v) is 14.5. The van der Waals surface area contributed by atoms with Crippen LogP contribution in [0.2, 0.25) is 0 Å². The molecule has 1 N–H and O–H groups in total. The lowest BCUT2D eigenvalue weighted by Crippen LogP contribution is -2.40. The first kappa shape index (κ1) is 16.6. The maximum absolute atomic E-state index is 12.7. The third kappa shape index (κ3) is 3.55. The number of aromatic nitrogens is 1. The number of nitrogens with one attached hydrogen (secondary N) is 1. The summed E-state index contributed by atoms with van der Waals surface area (Å²) in [5, 5.41) is 7.00. The maximum atomic E-state index is 12.7. The van der Waals surface area contributed by atoms with Crippen molar-refractivity contribution in [1.29, 1.82) is 0 Å². The van der Waals surface area contributed by atoms with E-state index >= 15 is 0 Å². The zero-order valence-electron chi connectivity index (χ0n) is 14.5. The Hall–Kier alpha value is -2.86. The van der Waals surface area contributed by atoms with Crippen molar-refractivity contribution in [3.63, 3.8) is 0 Å². The highest BCUT2D eigenvalue weighted by molar-refractivity contribution is 5.95. The molecule has 0 saturated carbocycles. The number of ether oxygens (including phenoxy) is 1. The second-order valence-electron chi connectivity index (χ2n) is 6.57. The minimum atomic E-state index is -0.118. The van der Waals surface area contributed by atoms with Crippen molar-refractivity contribution in [2.45, 2.75) is 19.4 Å². The molecule has 1 saturated heterocycles. The largest absolute Gasteiger partial charge is 0.464 e. The Balaban J connectivity index is 1.44. The first-order valence-corrected chi connectivity index (χ1v) is 8.64. The normalized spacial score (nSPS) is 19.6. The smallest absolute Gasteiger partial charge is 0.251 e. The van der Waals surface area contributed by atoms with Gasteiger partial charge in [0.25, 0.3) is 5.91 Å². The molecule has 1 aliphatic heterocycles. The number of carbonyl (C=O) groups excluding carboxylic acids is 1. The van der Waals surface area contributed by atoms with E-state index in [0.29, 0.717) is 25.2 Å². The highest BCUT2D eigenvalue weighted by Gasteiger charge is 2.31. The lowest BCUT2D eigenvalue weighted by molar-refractivity contribution is 0.0924. The van der Waals surface area contributed by atoms with Gasteiger partial charge in [0.2, 0.25) is 0 Å². The summed E-state index contributed by atoms with van der Waals surface area (Å²) in [6.07, 6.45) is 2.31. The van der Waals surface area contributed by atoms with Crippen LogP contribution in [0.15, 0.2) is 57.7 Å². The third-order valence-electron chi connectivity index (χ3n) is 4.59. The summed E-state index contributed by atoms with van der Waals surface area (Å²) in [5.74, 6) is 1.60. The van der Waals surface area contributed by atoms with Gasteiger partial charge in [-0.3, -0.25) is 4.79 Å². The summed E-state index contributed by atoms with van der Waals surface area (Å²) >= 11 is 0. The Morgan fingerprint density at radius 3 is 2.92 bits per heavy atom. The summed E-state index contributed by atoms with van der Waals surface area (Å²) in [7, 11) is 0. The van der Waals surface area contributed by atoms with Crippen LogP contribution in [0.4, 0.5) is 0 Å². The summed E-state index contributed by atoms with van der Waals surface area (Å²) in [6, 6.07) is 13.0. The Morgan fingerprint density at radius 1 is 1.23 bits per heavy atom. The molecule has 0 radical (unpaired) electrons. The van der Waals surface area contributed by atoms with Crippen LogP contribution in [0.3, 0.4) is 0 Å². The minimum Gasteiger partial charge on any atom is -0.464 e. The second-order valence-corrected chi connectivity index (χ2v) is 6.57. The summed E-state index contributed by atoms with van der Waals surface area (Å²) in [6.45, 7) is 2.99. The first-order valence-electron chi connectivity index (χ1n) is 8.64. The predicted octanol–water partition coefficient (Wildman–Crippen LogP) is 3.23. The Kier molecular flexibility index (Phi) is 4.58. The molecule has 6 nitrogen and oxygen atoms in total. The number of hydrogen-bond acceptors (Lipinski definition) is 5. The number of amides is 1. The second kappa shape index (κ2) is 7.17. The molecule has 26 heavy (non-hydrogen) atoms. The number of carbonyl (C=O) groups is 1. The molecular formula is C20H20N2O4. The lowest BCUT2D eigenvalue weighted by atomic mass is 9.97. The third-order valence-corrected chi connectivity index (χ3v) is 4.59. The average Bonchev–Trinajstić information content (AvgIpc) is 3.39. The molecule has 6 heteroatoms. The van der Waals surface area contributed by atoms with Crippen LogP contribution in [-0.2, 0) is 11.2 Å². The van der Waals surface area contributed by atoms with E-state index in [1.807, 2.05) is 43.3 Å². The molecule has 2 aromatic heterocycles. The van der Waals surface area contributed by atoms with Crippen molar-refractivity contribution in [2.24, 2.45) is 5.92 Å². The predicted molar refractivity (Wildman–Crippen MR) is 94.7 cm³/mol.